The van der Waals surface area contributed by atoms with Gasteiger partial charge in [-0.2, -0.15) is 0 Å². The molecule has 0 spiro atoms. The normalized spacial score (nSPS) is 16.2. The Balaban J connectivity index is 0.00000162. The summed E-state index contributed by atoms with van der Waals surface area (Å²) in [7, 11) is 0. The van der Waals surface area contributed by atoms with E-state index in [9.17, 15) is 0 Å². The van der Waals surface area contributed by atoms with Gasteiger partial charge in [0.25, 0.3) is 0 Å². The number of ether oxygens (including phenoxy) is 1. The van der Waals surface area contributed by atoms with Crippen molar-refractivity contribution in [3.63, 3.8) is 0 Å². The highest BCUT2D eigenvalue weighted by molar-refractivity contribution is 5.85. The average Bonchev–Trinajstić information content (AvgIpc) is 2.41. The van der Waals surface area contributed by atoms with Crippen molar-refractivity contribution in [3.8, 4) is 0 Å². The van der Waals surface area contributed by atoms with E-state index in [1.54, 1.807) is 18.6 Å². The molecule has 2 heterocycles. The second kappa shape index (κ2) is 9.25. The summed E-state index contributed by atoms with van der Waals surface area (Å²) in [5, 5.41) is 3.39. The third-order valence-electron chi connectivity index (χ3n) is 3.23. The number of hydrogen-bond donors (Lipinski definition) is 1. The van der Waals surface area contributed by atoms with Gasteiger partial charge in [-0.1, -0.05) is 0 Å². The van der Waals surface area contributed by atoms with Crippen LogP contribution in [0.15, 0.2) is 18.6 Å². The minimum Gasteiger partial charge on any atom is -0.375 e. The van der Waals surface area contributed by atoms with E-state index in [1.165, 1.54) is 32.4 Å². The van der Waals surface area contributed by atoms with E-state index in [-0.39, 0.29) is 12.4 Å². The van der Waals surface area contributed by atoms with Gasteiger partial charge in [0.15, 0.2) is 0 Å². The van der Waals surface area contributed by atoms with Crippen molar-refractivity contribution >= 4 is 12.4 Å². The highest BCUT2D eigenvalue weighted by Gasteiger charge is 2.11. The van der Waals surface area contributed by atoms with E-state index in [4.69, 9.17) is 4.74 Å². The fourth-order valence-corrected chi connectivity index (χ4v) is 2.23. The molecule has 1 N–H and O–H groups in total. The van der Waals surface area contributed by atoms with Crippen LogP contribution in [0.1, 0.15) is 31.4 Å². The molecular formula is C13H22ClN3O. The maximum atomic E-state index is 5.59. The highest BCUT2D eigenvalue weighted by Crippen LogP contribution is 2.17. The predicted octanol–water partition coefficient (Wildman–Crippen LogP) is 2.19. The first kappa shape index (κ1) is 15.3. The average molecular weight is 272 g/mol. The number of rotatable bonds is 6. The molecule has 0 radical (unpaired) electrons. The van der Waals surface area contributed by atoms with Crippen molar-refractivity contribution in [1.82, 2.24) is 15.3 Å². The standard InChI is InChI=1S/C13H21N3O.ClH/c1(2-12-3-5-14-6-4-12)9-17-11-13-10-15-7-8-16-13;/h7-8,10,12,14H,1-6,9,11H2;1H. The lowest BCUT2D eigenvalue weighted by Gasteiger charge is -2.22. The van der Waals surface area contributed by atoms with Crippen LogP contribution >= 0.6 is 12.4 Å². The van der Waals surface area contributed by atoms with Gasteiger partial charge in [-0.05, 0) is 44.7 Å². The first-order valence-electron chi connectivity index (χ1n) is 6.48. The molecule has 102 valence electrons. The fourth-order valence-electron chi connectivity index (χ4n) is 2.23. The van der Waals surface area contributed by atoms with Gasteiger partial charge in [-0.25, -0.2) is 0 Å². The molecule has 0 aliphatic carbocycles. The fraction of sp³-hybridized carbons (Fsp3) is 0.692. The Morgan fingerprint density at radius 2 is 2.11 bits per heavy atom. The lowest BCUT2D eigenvalue weighted by molar-refractivity contribution is 0.109. The molecular weight excluding hydrogens is 250 g/mol. The quantitative estimate of drug-likeness (QED) is 0.806. The van der Waals surface area contributed by atoms with Crippen molar-refractivity contribution in [1.29, 1.82) is 0 Å². The number of hydrogen-bond acceptors (Lipinski definition) is 4. The molecule has 0 saturated carbocycles. The number of piperidine rings is 1. The third kappa shape index (κ3) is 5.76. The van der Waals surface area contributed by atoms with Crippen LogP contribution in [0.2, 0.25) is 0 Å². The smallest absolute Gasteiger partial charge is 0.0903 e. The Kier molecular flexibility index (Phi) is 7.89. The summed E-state index contributed by atoms with van der Waals surface area (Å²) in [4.78, 5) is 8.18. The van der Waals surface area contributed by atoms with E-state index in [2.05, 4.69) is 15.3 Å². The third-order valence-corrected chi connectivity index (χ3v) is 3.23. The summed E-state index contributed by atoms with van der Waals surface area (Å²) in [6, 6.07) is 0. The van der Waals surface area contributed by atoms with Gasteiger partial charge >= 0.3 is 0 Å². The molecule has 0 amide bonds. The molecule has 1 aromatic heterocycles. The summed E-state index contributed by atoms with van der Waals surface area (Å²) in [5.74, 6) is 0.899. The van der Waals surface area contributed by atoms with Crippen molar-refractivity contribution in [2.24, 2.45) is 5.92 Å². The van der Waals surface area contributed by atoms with Gasteiger partial charge in [0, 0.05) is 19.0 Å². The summed E-state index contributed by atoms with van der Waals surface area (Å²) < 4.78 is 5.59. The largest absolute Gasteiger partial charge is 0.375 e. The molecule has 1 aliphatic heterocycles. The van der Waals surface area contributed by atoms with Gasteiger partial charge in [-0.3, -0.25) is 9.97 Å². The number of nitrogens with one attached hydrogen (secondary N) is 1. The Morgan fingerprint density at radius 1 is 1.28 bits per heavy atom. The van der Waals surface area contributed by atoms with Crippen molar-refractivity contribution in [2.45, 2.75) is 32.3 Å². The van der Waals surface area contributed by atoms with Gasteiger partial charge in [0.1, 0.15) is 0 Å². The minimum atomic E-state index is 0. The summed E-state index contributed by atoms with van der Waals surface area (Å²) in [5.41, 5.74) is 0.911. The number of aromatic nitrogens is 2. The molecule has 1 saturated heterocycles. The topological polar surface area (TPSA) is 47.0 Å². The number of halogens is 1. The maximum Gasteiger partial charge on any atom is 0.0903 e. The molecule has 18 heavy (non-hydrogen) atoms. The van der Waals surface area contributed by atoms with Crippen LogP contribution in [0.25, 0.3) is 0 Å². The second-order valence-corrected chi connectivity index (χ2v) is 4.58. The molecule has 0 unspecified atom stereocenters. The zero-order valence-corrected chi connectivity index (χ0v) is 11.5. The molecule has 0 bridgehead atoms. The Bertz CT molecular complexity index is 304. The van der Waals surface area contributed by atoms with Crippen LogP contribution in [0, 0.1) is 5.92 Å². The molecule has 5 heteroatoms. The van der Waals surface area contributed by atoms with Gasteiger partial charge < -0.3 is 10.1 Å². The van der Waals surface area contributed by atoms with E-state index in [0.717, 1.165) is 24.6 Å². The van der Waals surface area contributed by atoms with Crippen molar-refractivity contribution < 1.29 is 4.74 Å². The second-order valence-electron chi connectivity index (χ2n) is 4.58. The van der Waals surface area contributed by atoms with Crippen molar-refractivity contribution in [2.75, 3.05) is 19.7 Å². The zero-order chi connectivity index (χ0) is 11.8. The van der Waals surface area contributed by atoms with E-state index >= 15 is 0 Å². The zero-order valence-electron chi connectivity index (χ0n) is 10.7. The van der Waals surface area contributed by atoms with Crippen LogP contribution in [0.4, 0.5) is 0 Å². The lowest BCUT2D eigenvalue weighted by atomic mass is 9.93. The summed E-state index contributed by atoms with van der Waals surface area (Å²) >= 11 is 0. The molecule has 4 nitrogen and oxygen atoms in total. The Hall–Kier alpha value is -0.710. The SMILES string of the molecule is Cl.c1cnc(COCCCC2CCNCC2)cn1. The monoisotopic (exact) mass is 271 g/mol. The summed E-state index contributed by atoms with van der Waals surface area (Å²) in [6.07, 6.45) is 10.2. The van der Waals surface area contributed by atoms with E-state index in [1.807, 2.05) is 0 Å². The molecule has 2 rings (SSSR count). The predicted molar refractivity (Wildman–Crippen MR) is 73.8 cm³/mol. The highest BCUT2D eigenvalue weighted by atomic mass is 35.5. The van der Waals surface area contributed by atoms with Crippen LogP contribution in [-0.2, 0) is 11.3 Å². The molecule has 1 aromatic rings. The van der Waals surface area contributed by atoms with Gasteiger partial charge in [-0.15, -0.1) is 12.4 Å². The minimum absolute atomic E-state index is 0. The maximum absolute atomic E-state index is 5.59. The van der Waals surface area contributed by atoms with E-state index in [0.29, 0.717) is 6.61 Å². The van der Waals surface area contributed by atoms with Gasteiger partial charge in [0.05, 0.1) is 18.5 Å². The van der Waals surface area contributed by atoms with Crippen LogP contribution in [0.3, 0.4) is 0 Å². The summed E-state index contributed by atoms with van der Waals surface area (Å²) in [6.45, 7) is 3.79. The number of nitrogens with zero attached hydrogens (tertiary/aromatic N) is 2. The molecule has 1 aliphatic rings. The first-order chi connectivity index (χ1) is 8.45. The van der Waals surface area contributed by atoms with Crippen LogP contribution < -0.4 is 5.32 Å². The lowest BCUT2D eigenvalue weighted by Crippen LogP contribution is -2.27. The Labute approximate surface area is 115 Å². The van der Waals surface area contributed by atoms with Crippen LogP contribution in [0.5, 0.6) is 0 Å². The molecule has 0 aromatic carbocycles. The Morgan fingerprint density at radius 3 is 2.83 bits per heavy atom. The molecule has 0 atom stereocenters. The van der Waals surface area contributed by atoms with Crippen molar-refractivity contribution in [3.05, 3.63) is 24.3 Å². The van der Waals surface area contributed by atoms with Crippen LogP contribution in [-0.4, -0.2) is 29.7 Å². The first-order valence-corrected chi connectivity index (χ1v) is 6.48. The molecule has 1 fully saturated rings. The van der Waals surface area contributed by atoms with E-state index < -0.39 is 0 Å². The van der Waals surface area contributed by atoms with Gasteiger partial charge in [0.2, 0.25) is 0 Å².